The highest BCUT2D eigenvalue weighted by molar-refractivity contribution is 9.10. The zero-order valence-electron chi connectivity index (χ0n) is 7.34. The van der Waals surface area contributed by atoms with Gasteiger partial charge >= 0.3 is 0 Å². The zero-order valence-corrected chi connectivity index (χ0v) is 8.93. The average molecular weight is 239 g/mol. The summed E-state index contributed by atoms with van der Waals surface area (Å²) in [4.78, 5) is 3.29. The Bertz CT molecular complexity index is 431. The maximum absolute atomic E-state index is 5.78. The highest BCUT2D eigenvalue weighted by Crippen LogP contribution is 2.25. The van der Waals surface area contributed by atoms with Crippen LogP contribution in [0.3, 0.4) is 0 Å². The van der Waals surface area contributed by atoms with Crippen LogP contribution in [-0.4, -0.2) is 4.98 Å². The highest BCUT2D eigenvalue weighted by Gasteiger charge is 2.05. The first-order valence-corrected chi connectivity index (χ1v) is 5.00. The maximum atomic E-state index is 5.78. The summed E-state index contributed by atoms with van der Waals surface area (Å²) in [5.74, 6) is 0. The van der Waals surface area contributed by atoms with Crippen molar-refractivity contribution in [3.8, 4) is 0 Å². The van der Waals surface area contributed by atoms with Gasteiger partial charge in [-0.1, -0.05) is 12.1 Å². The van der Waals surface area contributed by atoms with E-state index in [1.54, 1.807) is 0 Å². The second kappa shape index (κ2) is 3.16. The van der Waals surface area contributed by atoms with E-state index < -0.39 is 0 Å². The molecule has 2 rings (SSSR count). The van der Waals surface area contributed by atoms with Crippen molar-refractivity contribution in [1.82, 2.24) is 4.98 Å². The van der Waals surface area contributed by atoms with Gasteiger partial charge in [0.25, 0.3) is 0 Å². The number of nitrogens with one attached hydrogen (secondary N) is 1. The first-order valence-electron chi connectivity index (χ1n) is 4.21. The van der Waals surface area contributed by atoms with Crippen molar-refractivity contribution in [2.45, 2.75) is 13.0 Å². The van der Waals surface area contributed by atoms with Crippen molar-refractivity contribution < 1.29 is 0 Å². The van der Waals surface area contributed by atoms with Gasteiger partial charge in [-0.15, -0.1) is 0 Å². The fourth-order valence-electron chi connectivity index (χ4n) is 1.39. The van der Waals surface area contributed by atoms with Crippen LogP contribution in [0.25, 0.3) is 10.9 Å². The summed E-state index contributed by atoms with van der Waals surface area (Å²) < 4.78 is 1.08. The van der Waals surface area contributed by atoms with Gasteiger partial charge in [-0.3, -0.25) is 0 Å². The van der Waals surface area contributed by atoms with Gasteiger partial charge in [-0.05, 0) is 35.0 Å². The number of nitrogens with two attached hydrogens (primary N) is 1. The maximum Gasteiger partial charge on any atom is 0.0600 e. The number of fused-ring (bicyclic) bond motifs is 1. The fourth-order valence-corrected chi connectivity index (χ4v) is 1.87. The molecule has 3 N–H and O–H groups in total. The van der Waals surface area contributed by atoms with Crippen molar-refractivity contribution in [3.63, 3.8) is 0 Å². The standard InChI is InChI=1S/C10H11BrN2/c1-6(12)9-5-7-3-2-4-8(11)10(7)13-9/h2-6,13H,12H2,1H3. The minimum atomic E-state index is 0.0549. The predicted molar refractivity (Wildman–Crippen MR) is 58.6 cm³/mol. The van der Waals surface area contributed by atoms with E-state index in [0.29, 0.717) is 0 Å². The molecule has 0 fully saturated rings. The molecule has 0 bridgehead atoms. The zero-order chi connectivity index (χ0) is 9.42. The van der Waals surface area contributed by atoms with E-state index in [0.717, 1.165) is 15.7 Å². The molecule has 0 amide bonds. The Hall–Kier alpha value is -0.800. The summed E-state index contributed by atoms with van der Waals surface area (Å²) in [7, 11) is 0. The molecule has 1 aromatic heterocycles. The monoisotopic (exact) mass is 238 g/mol. The molecule has 2 nitrogen and oxygen atoms in total. The van der Waals surface area contributed by atoms with E-state index in [2.05, 4.69) is 33.0 Å². The fraction of sp³-hybridized carbons (Fsp3) is 0.200. The van der Waals surface area contributed by atoms with Crippen LogP contribution in [0, 0.1) is 0 Å². The third kappa shape index (κ3) is 1.49. The summed E-state index contributed by atoms with van der Waals surface area (Å²) in [5, 5.41) is 1.20. The average Bonchev–Trinajstić information content (AvgIpc) is 2.49. The van der Waals surface area contributed by atoms with E-state index in [4.69, 9.17) is 5.73 Å². The van der Waals surface area contributed by atoms with E-state index >= 15 is 0 Å². The lowest BCUT2D eigenvalue weighted by Crippen LogP contribution is -2.04. The molecule has 1 heterocycles. The third-order valence-corrected chi connectivity index (χ3v) is 2.78. The minimum Gasteiger partial charge on any atom is -0.356 e. The summed E-state index contributed by atoms with van der Waals surface area (Å²) >= 11 is 3.49. The third-order valence-electron chi connectivity index (χ3n) is 2.12. The van der Waals surface area contributed by atoms with Crippen molar-refractivity contribution >= 4 is 26.8 Å². The Morgan fingerprint density at radius 1 is 1.46 bits per heavy atom. The number of benzene rings is 1. The molecule has 0 saturated carbocycles. The molecule has 68 valence electrons. The first kappa shape index (κ1) is 8.78. The topological polar surface area (TPSA) is 41.8 Å². The summed E-state index contributed by atoms with van der Waals surface area (Å²) in [6.45, 7) is 1.97. The van der Waals surface area contributed by atoms with Crippen molar-refractivity contribution in [3.05, 3.63) is 34.4 Å². The van der Waals surface area contributed by atoms with Crippen LogP contribution in [0.4, 0.5) is 0 Å². The van der Waals surface area contributed by atoms with Crippen molar-refractivity contribution in [2.24, 2.45) is 5.73 Å². The number of H-pyrrole nitrogens is 1. The lowest BCUT2D eigenvalue weighted by molar-refractivity contribution is 0.792. The van der Waals surface area contributed by atoms with Crippen molar-refractivity contribution in [1.29, 1.82) is 0 Å². The van der Waals surface area contributed by atoms with Gasteiger partial charge in [0.2, 0.25) is 0 Å². The van der Waals surface area contributed by atoms with Gasteiger partial charge < -0.3 is 10.7 Å². The molecular weight excluding hydrogens is 228 g/mol. The Kier molecular flexibility index (Phi) is 2.14. The lowest BCUT2D eigenvalue weighted by atomic mass is 10.2. The van der Waals surface area contributed by atoms with Crippen LogP contribution in [0.2, 0.25) is 0 Å². The Morgan fingerprint density at radius 2 is 2.23 bits per heavy atom. The number of hydrogen-bond acceptors (Lipinski definition) is 1. The van der Waals surface area contributed by atoms with Gasteiger partial charge in [-0.2, -0.15) is 0 Å². The molecule has 1 unspecified atom stereocenters. The number of para-hydroxylation sites is 1. The molecule has 0 aliphatic carbocycles. The van der Waals surface area contributed by atoms with Crippen LogP contribution < -0.4 is 5.73 Å². The molecule has 0 aliphatic rings. The molecule has 0 radical (unpaired) electrons. The molecule has 3 heteroatoms. The largest absolute Gasteiger partial charge is 0.356 e. The molecule has 13 heavy (non-hydrogen) atoms. The minimum absolute atomic E-state index is 0.0549. The molecule has 0 aliphatic heterocycles. The van der Waals surface area contributed by atoms with Crippen LogP contribution in [-0.2, 0) is 0 Å². The highest BCUT2D eigenvalue weighted by atomic mass is 79.9. The van der Waals surface area contributed by atoms with E-state index in [1.807, 2.05) is 19.1 Å². The second-order valence-electron chi connectivity index (χ2n) is 3.22. The molecule has 0 spiro atoms. The SMILES string of the molecule is CC(N)c1cc2cccc(Br)c2[nH]1. The van der Waals surface area contributed by atoms with Gasteiger partial charge in [0.05, 0.1) is 5.52 Å². The first-order chi connectivity index (χ1) is 6.18. The molecular formula is C10H11BrN2. The summed E-state index contributed by atoms with van der Waals surface area (Å²) in [6, 6.07) is 8.25. The van der Waals surface area contributed by atoms with Crippen LogP contribution >= 0.6 is 15.9 Å². The van der Waals surface area contributed by atoms with Gasteiger partial charge in [0.15, 0.2) is 0 Å². The van der Waals surface area contributed by atoms with Gasteiger partial charge in [-0.25, -0.2) is 0 Å². The number of rotatable bonds is 1. The van der Waals surface area contributed by atoms with Crippen molar-refractivity contribution in [2.75, 3.05) is 0 Å². The molecule has 0 saturated heterocycles. The van der Waals surface area contributed by atoms with Crippen LogP contribution in [0.15, 0.2) is 28.7 Å². The Morgan fingerprint density at radius 3 is 2.85 bits per heavy atom. The number of hydrogen-bond donors (Lipinski definition) is 2. The van der Waals surface area contributed by atoms with Gasteiger partial charge in [0, 0.05) is 21.6 Å². The number of halogens is 1. The van der Waals surface area contributed by atoms with Crippen LogP contribution in [0.5, 0.6) is 0 Å². The van der Waals surface area contributed by atoms with Gasteiger partial charge in [0.1, 0.15) is 0 Å². The van der Waals surface area contributed by atoms with Crippen LogP contribution in [0.1, 0.15) is 18.7 Å². The number of aromatic nitrogens is 1. The molecule has 1 atom stereocenters. The smallest absolute Gasteiger partial charge is 0.0600 e. The lowest BCUT2D eigenvalue weighted by Gasteiger charge is -1.98. The Labute approximate surface area is 85.3 Å². The molecule has 1 aromatic carbocycles. The Balaban J connectivity index is 2.68. The molecule has 2 aromatic rings. The quantitative estimate of drug-likeness (QED) is 0.789. The summed E-state index contributed by atoms with van der Waals surface area (Å²) in [5.41, 5.74) is 7.97. The summed E-state index contributed by atoms with van der Waals surface area (Å²) in [6.07, 6.45) is 0. The van der Waals surface area contributed by atoms with E-state index in [9.17, 15) is 0 Å². The number of aromatic amines is 1. The van der Waals surface area contributed by atoms with E-state index in [-0.39, 0.29) is 6.04 Å². The normalized spacial score (nSPS) is 13.5. The predicted octanol–water partition coefficient (Wildman–Crippen LogP) is 2.95. The second-order valence-corrected chi connectivity index (χ2v) is 4.07. The van der Waals surface area contributed by atoms with E-state index in [1.165, 1.54) is 5.39 Å².